The number of carbonyl (C=O) groups excluding carboxylic acids is 1. The van der Waals surface area contributed by atoms with Gasteiger partial charge >= 0.3 is 0 Å². The molecule has 0 bridgehead atoms. The summed E-state index contributed by atoms with van der Waals surface area (Å²) < 4.78 is 5.87. The second-order valence-corrected chi connectivity index (χ2v) is 11.2. The van der Waals surface area contributed by atoms with Crippen molar-refractivity contribution in [2.75, 3.05) is 44.2 Å². The molecule has 0 aliphatic carbocycles. The molecule has 2 aliphatic rings. The van der Waals surface area contributed by atoms with Gasteiger partial charge in [-0.3, -0.25) is 9.69 Å². The van der Waals surface area contributed by atoms with E-state index in [1.165, 1.54) is 11.3 Å². The fourth-order valence-corrected chi connectivity index (χ4v) is 6.53. The van der Waals surface area contributed by atoms with E-state index in [4.69, 9.17) is 9.72 Å². The number of thiazole rings is 1. The van der Waals surface area contributed by atoms with Crippen molar-refractivity contribution in [3.05, 3.63) is 40.7 Å². The molecule has 0 unspecified atom stereocenters. The number of fused-ring (bicyclic) bond motifs is 1. The fraction of sp³-hybridized carbons (Fsp3) is 0.560. The number of ether oxygens (including phenoxy) is 1. The lowest BCUT2D eigenvalue weighted by Crippen LogP contribution is -2.41. The van der Waals surface area contributed by atoms with Gasteiger partial charge in [-0.1, -0.05) is 17.4 Å². The summed E-state index contributed by atoms with van der Waals surface area (Å²) in [6, 6.07) is 8.24. The average molecular weight is 500 g/mol. The van der Waals surface area contributed by atoms with Gasteiger partial charge in [0.05, 0.1) is 6.10 Å². The molecule has 1 N–H and O–H groups in total. The van der Waals surface area contributed by atoms with Crippen LogP contribution in [0.1, 0.15) is 37.0 Å². The van der Waals surface area contributed by atoms with Crippen molar-refractivity contribution < 1.29 is 9.53 Å². The number of pyridine rings is 1. The zero-order valence-corrected chi connectivity index (χ0v) is 21.2. The third-order valence-electron chi connectivity index (χ3n) is 6.69. The molecular weight excluding hydrogens is 466 g/mol. The molecule has 3 aromatic heterocycles. The molecule has 9 heteroatoms. The zero-order valence-electron chi connectivity index (χ0n) is 19.5. The third kappa shape index (κ3) is 6.13. The number of amides is 1. The molecule has 34 heavy (non-hydrogen) atoms. The van der Waals surface area contributed by atoms with Gasteiger partial charge in [0, 0.05) is 62.9 Å². The molecule has 0 radical (unpaired) electrons. The van der Waals surface area contributed by atoms with E-state index in [1.807, 2.05) is 29.7 Å². The monoisotopic (exact) mass is 499 g/mol. The van der Waals surface area contributed by atoms with E-state index in [9.17, 15) is 4.79 Å². The van der Waals surface area contributed by atoms with E-state index in [0.717, 1.165) is 87.0 Å². The number of piperidine rings is 1. The molecule has 5 rings (SSSR count). The first-order valence-corrected chi connectivity index (χ1v) is 14.0. The molecule has 7 nitrogen and oxygen atoms in total. The van der Waals surface area contributed by atoms with E-state index in [-0.39, 0.29) is 11.8 Å². The van der Waals surface area contributed by atoms with Gasteiger partial charge in [-0.2, -0.15) is 0 Å². The third-order valence-corrected chi connectivity index (χ3v) is 8.59. The maximum absolute atomic E-state index is 12.8. The second kappa shape index (κ2) is 11.6. The number of aromatic nitrogens is 2. The summed E-state index contributed by atoms with van der Waals surface area (Å²) in [5, 5.41) is 6.36. The number of rotatable bonds is 10. The lowest BCUT2D eigenvalue weighted by molar-refractivity contribution is -0.125. The molecule has 1 atom stereocenters. The average Bonchev–Trinajstić information content (AvgIpc) is 3.64. The SMILES string of the molecule is O=C(NCCCN(Cc1cccs1)C[C@@H]1CCCO1)C1CCN(c2nc3cccnc3s2)CC1. The highest BCUT2D eigenvalue weighted by atomic mass is 32.1. The predicted molar refractivity (Wildman–Crippen MR) is 139 cm³/mol. The van der Waals surface area contributed by atoms with Gasteiger partial charge < -0.3 is 15.0 Å². The van der Waals surface area contributed by atoms with Gasteiger partial charge in [0.2, 0.25) is 5.91 Å². The van der Waals surface area contributed by atoms with Crippen LogP contribution in [0.4, 0.5) is 5.13 Å². The van der Waals surface area contributed by atoms with Crippen molar-refractivity contribution in [3.8, 4) is 0 Å². The minimum absolute atomic E-state index is 0.0952. The molecule has 5 heterocycles. The molecule has 0 spiro atoms. The number of nitrogens with zero attached hydrogens (tertiary/aromatic N) is 4. The van der Waals surface area contributed by atoms with Gasteiger partial charge in [-0.05, 0) is 55.7 Å². The number of carbonyl (C=O) groups is 1. The van der Waals surface area contributed by atoms with Crippen LogP contribution in [0.5, 0.6) is 0 Å². The van der Waals surface area contributed by atoms with Crippen LogP contribution in [0.2, 0.25) is 0 Å². The van der Waals surface area contributed by atoms with Crippen molar-refractivity contribution >= 4 is 44.1 Å². The molecular formula is C25H33N5O2S2. The normalized spacial score (nSPS) is 19.3. The second-order valence-electron chi connectivity index (χ2n) is 9.18. The Morgan fingerprint density at radius 3 is 2.91 bits per heavy atom. The molecule has 2 fully saturated rings. The molecule has 1 amide bonds. The number of nitrogens with one attached hydrogen (secondary N) is 1. The molecule has 2 aliphatic heterocycles. The molecule has 3 aromatic rings. The summed E-state index contributed by atoms with van der Waals surface area (Å²) in [5.41, 5.74) is 0.954. The maximum atomic E-state index is 12.8. The first-order valence-electron chi connectivity index (χ1n) is 12.3. The van der Waals surface area contributed by atoms with Gasteiger partial charge in [-0.15, -0.1) is 11.3 Å². The first kappa shape index (κ1) is 23.7. The molecule has 182 valence electrons. The van der Waals surface area contributed by atoms with Crippen molar-refractivity contribution in [3.63, 3.8) is 0 Å². The van der Waals surface area contributed by atoms with Crippen LogP contribution in [0.25, 0.3) is 10.3 Å². The largest absolute Gasteiger partial charge is 0.377 e. The van der Waals surface area contributed by atoms with Crippen LogP contribution in [-0.2, 0) is 16.1 Å². The topological polar surface area (TPSA) is 70.6 Å². The highest BCUT2D eigenvalue weighted by molar-refractivity contribution is 7.21. The Hall–Kier alpha value is -2.07. The Balaban J connectivity index is 1.04. The Labute approximate surface area is 209 Å². The van der Waals surface area contributed by atoms with Crippen LogP contribution < -0.4 is 10.2 Å². The van der Waals surface area contributed by atoms with Gasteiger partial charge in [0.1, 0.15) is 10.3 Å². The maximum Gasteiger partial charge on any atom is 0.223 e. The highest BCUT2D eigenvalue weighted by Crippen LogP contribution is 2.30. The van der Waals surface area contributed by atoms with Crippen molar-refractivity contribution in [1.82, 2.24) is 20.2 Å². The number of thiophene rings is 1. The Morgan fingerprint density at radius 1 is 1.24 bits per heavy atom. The zero-order chi connectivity index (χ0) is 23.2. The van der Waals surface area contributed by atoms with Gasteiger partial charge in [-0.25, -0.2) is 9.97 Å². The molecule has 0 saturated carbocycles. The van der Waals surface area contributed by atoms with Crippen LogP contribution in [-0.4, -0.2) is 66.2 Å². The van der Waals surface area contributed by atoms with E-state index in [1.54, 1.807) is 11.3 Å². The standard InChI is InChI=1S/C25H33N5O2S2/c31-23(19-8-13-30(14-9-19)25-28-22-7-1-10-27-24(22)34-25)26-11-4-12-29(17-20-5-2-15-32-20)18-21-6-3-16-33-21/h1,3,6-7,10,16,19-20H,2,4-5,8-9,11-15,17-18H2,(H,26,31)/t20-/m0/s1. The smallest absolute Gasteiger partial charge is 0.223 e. The van der Waals surface area contributed by atoms with Crippen molar-refractivity contribution in [1.29, 1.82) is 0 Å². The summed E-state index contributed by atoms with van der Waals surface area (Å²) in [6.45, 7) is 6.28. The Morgan fingerprint density at radius 2 is 2.15 bits per heavy atom. The van der Waals surface area contributed by atoms with E-state index >= 15 is 0 Å². The van der Waals surface area contributed by atoms with Gasteiger partial charge in [0.15, 0.2) is 5.13 Å². The summed E-state index contributed by atoms with van der Waals surface area (Å²) in [5.74, 6) is 0.299. The van der Waals surface area contributed by atoms with Crippen molar-refractivity contribution in [2.45, 2.75) is 44.8 Å². The van der Waals surface area contributed by atoms with E-state index in [2.05, 4.69) is 37.6 Å². The summed E-state index contributed by atoms with van der Waals surface area (Å²) in [7, 11) is 0. The van der Waals surface area contributed by atoms with Crippen molar-refractivity contribution in [2.24, 2.45) is 5.92 Å². The number of hydrogen-bond acceptors (Lipinski definition) is 8. The lowest BCUT2D eigenvalue weighted by atomic mass is 9.96. The van der Waals surface area contributed by atoms with E-state index in [0.29, 0.717) is 6.10 Å². The summed E-state index contributed by atoms with van der Waals surface area (Å²) in [4.78, 5) is 29.0. The lowest BCUT2D eigenvalue weighted by Gasteiger charge is -2.31. The van der Waals surface area contributed by atoms with Gasteiger partial charge in [0.25, 0.3) is 0 Å². The first-order chi connectivity index (χ1) is 16.7. The minimum Gasteiger partial charge on any atom is -0.377 e. The Kier molecular flexibility index (Phi) is 8.05. The van der Waals surface area contributed by atoms with Crippen LogP contribution in [0, 0.1) is 5.92 Å². The number of hydrogen-bond donors (Lipinski definition) is 1. The van der Waals surface area contributed by atoms with Crippen LogP contribution in [0.15, 0.2) is 35.8 Å². The fourth-order valence-electron chi connectivity index (χ4n) is 4.82. The van der Waals surface area contributed by atoms with Crippen LogP contribution >= 0.6 is 22.7 Å². The quantitative estimate of drug-likeness (QED) is 0.423. The number of anilines is 1. The van der Waals surface area contributed by atoms with E-state index < -0.39 is 0 Å². The highest BCUT2D eigenvalue weighted by Gasteiger charge is 2.26. The summed E-state index contributed by atoms with van der Waals surface area (Å²) >= 11 is 3.44. The predicted octanol–water partition coefficient (Wildman–Crippen LogP) is 4.16. The Bertz CT molecular complexity index is 1010. The summed E-state index contributed by atoms with van der Waals surface area (Å²) in [6.07, 6.45) is 7.20. The minimum atomic E-state index is 0.0952. The van der Waals surface area contributed by atoms with Crippen LogP contribution in [0.3, 0.4) is 0 Å². The molecule has 0 aromatic carbocycles. The molecule has 2 saturated heterocycles.